The van der Waals surface area contributed by atoms with Gasteiger partial charge in [-0.1, -0.05) is 239 Å². The number of nitrogens with zero attached hydrogens (tertiary/aromatic N) is 2. The highest BCUT2D eigenvalue weighted by atomic mass is 32.2. The predicted molar refractivity (Wildman–Crippen MR) is 403 cm³/mol. The number of carbonyl (C=O) groups is 8. The van der Waals surface area contributed by atoms with Gasteiger partial charge in [-0.05, 0) is 112 Å². The molecule has 0 radical (unpaired) electrons. The molecule has 7 amide bonds. The van der Waals surface area contributed by atoms with E-state index in [2.05, 4.69) is 87.9 Å². The smallest absolute Gasteiger partial charge is 0.327 e. The Kier molecular flexibility index (Phi) is 28.1. The second-order valence-electron chi connectivity index (χ2n) is 27.3. The summed E-state index contributed by atoms with van der Waals surface area (Å²) in [6.07, 6.45) is 3.74. The van der Waals surface area contributed by atoms with Gasteiger partial charge in [0.15, 0.2) is 0 Å². The number of carbonyl (C=O) groups excluding carboxylic acids is 7. The fourth-order valence-corrected chi connectivity index (χ4v) is 15.8. The minimum absolute atomic E-state index is 0.0979. The van der Waals surface area contributed by atoms with Crippen molar-refractivity contribution in [2.45, 2.75) is 170 Å². The summed E-state index contributed by atoms with van der Waals surface area (Å²) in [6.45, 7) is 10.3. The summed E-state index contributed by atoms with van der Waals surface area (Å²) in [5.74, 6) is -5.58. The maximum absolute atomic E-state index is 15.5. The highest BCUT2D eigenvalue weighted by Gasteiger charge is 2.47. The fourth-order valence-electron chi connectivity index (χ4n) is 13.9. The molecule has 7 N–H and O–H groups in total. The molecular weight excluding hydrogens is 1320 g/mol. The van der Waals surface area contributed by atoms with Gasteiger partial charge < -0.3 is 51.5 Å². The SMILES string of the molecule is CCCCCCN[C@@H](CSC(c1ccccc1)(c1ccccc1)c1ccccc1)C(=O)N1CCC[C@H]1C(=O)N1CCC[C@H]1C(=O)N[C@H](C(=O)N[C@@H](CCC(=O)NC(c1ccccc1)(c1ccccc1)c1ccccc1)C(=O)N[C@@H](Cc1ccccc1)C(=O)N[C@@H](CS)C(=O)O)[C@@H](C)OC(C)(C)C. The predicted octanol–water partition coefficient (Wildman–Crippen LogP) is 10.5. The van der Waals surface area contributed by atoms with Crippen molar-refractivity contribution in [2.24, 2.45) is 0 Å². The second-order valence-corrected chi connectivity index (χ2v) is 28.9. The molecule has 2 aliphatic rings. The van der Waals surface area contributed by atoms with E-state index in [4.69, 9.17) is 4.74 Å². The molecule has 102 heavy (non-hydrogen) atoms. The van der Waals surface area contributed by atoms with E-state index in [1.165, 1.54) is 4.90 Å². The monoisotopic (exact) mass is 1420 g/mol. The number of likely N-dealkylation sites (tertiary alicyclic amines) is 2. The van der Waals surface area contributed by atoms with E-state index >= 15 is 28.8 Å². The van der Waals surface area contributed by atoms with Crippen LogP contribution in [0.5, 0.6) is 0 Å². The average Bonchev–Trinajstić information content (AvgIpc) is 0.934. The molecule has 2 fully saturated rings. The molecule has 7 aromatic rings. The van der Waals surface area contributed by atoms with Crippen LogP contribution in [0.15, 0.2) is 212 Å². The van der Waals surface area contributed by atoms with Crippen LogP contribution in [0.2, 0.25) is 0 Å². The number of thioether (sulfide) groups is 1. The van der Waals surface area contributed by atoms with Crippen LogP contribution in [-0.2, 0) is 59.8 Å². The van der Waals surface area contributed by atoms with Gasteiger partial charge in [-0.25, -0.2) is 4.79 Å². The summed E-state index contributed by atoms with van der Waals surface area (Å²) in [4.78, 5) is 121. The van der Waals surface area contributed by atoms with Crippen LogP contribution >= 0.6 is 24.4 Å². The topological polar surface area (TPSA) is 245 Å². The highest BCUT2D eigenvalue weighted by Crippen LogP contribution is 2.49. The van der Waals surface area contributed by atoms with E-state index in [1.807, 2.05) is 146 Å². The van der Waals surface area contributed by atoms with Gasteiger partial charge in [0.05, 0.1) is 22.5 Å². The summed E-state index contributed by atoms with van der Waals surface area (Å²) >= 11 is 5.84. The molecule has 538 valence electrons. The van der Waals surface area contributed by atoms with Crippen molar-refractivity contribution in [3.05, 3.63) is 251 Å². The van der Waals surface area contributed by atoms with Crippen molar-refractivity contribution < 1.29 is 48.2 Å². The number of rotatable bonds is 35. The van der Waals surface area contributed by atoms with E-state index in [0.29, 0.717) is 43.7 Å². The lowest BCUT2D eigenvalue weighted by atomic mass is 9.77. The first kappa shape index (κ1) is 77.1. The Balaban J connectivity index is 0.993. The van der Waals surface area contributed by atoms with Crippen LogP contribution < -0.4 is 31.9 Å². The molecule has 7 aromatic carbocycles. The van der Waals surface area contributed by atoms with E-state index in [9.17, 15) is 14.7 Å². The van der Waals surface area contributed by atoms with Crippen LogP contribution in [0.25, 0.3) is 0 Å². The van der Waals surface area contributed by atoms with Gasteiger partial charge in [0.1, 0.15) is 41.8 Å². The summed E-state index contributed by atoms with van der Waals surface area (Å²) in [5.41, 5.74) is 3.88. The number of nitrogens with one attached hydrogen (secondary N) is 6. The minimum Gasteiger partial charge on any atom is -0.480 e. The van der Waals surface area contributed by atoms with Gasteiger partial charge in [-0.15, -0.1) is 11.8 Å². The minimum atomic E-state index is -1.58. The first-order valence-corrected chi connectivity index (χ1v) is 37.3. The average molecular weight is 1420 g/mol. The molecule has 0 bridgehead atoms. The number of hydrogen-bond acceptors (Lipinski definition) is 12. The zero-order valence-electron chi connectivity index (χ0n) is 59.0. The second kappa shape index (κ2) is 37.2. The summed E-state index contributed by atoms with van der Waals surface area (Å²) in [6, 6.07) is 59.6. The molecule has 9 rings (SSSR count). The molecule has 2 heterocycles. The van der Waals surface area contributed by atoms with Crippen LogP contribution in [0.1, 0.15) is 138 Å². The maximum atomic E-state index is 15.5. The Morgan fingerprint density at radius 2 is 1.00 bits per heavy atom. The van der Waals surface area contributed by atoms with Gasteiger partial charge in [0, 0.05) is 37.4 Å². The first-order valence-electron chi connectivity index (χ1n) is 35.7. The lowest BCUT2D eigenvalue weighted by Crippen LogP contribution is -2.62. The van der Waals surface area contributed by atoms with Crippen molar-refractivity contribution >= 4 is 71.7 Å². The molecule has 0 unspecified atom stereocenters. The van der Waals surface area contributed by atoms with Crippen molar-refractivity contribution in [1.29, 1.82) is 0 Å². The first-order chi connectivity index (χ1) is 49.3. The Morgan fingerprint density at radius 3 is 1.48 bits per heavy atom. The van der Waals surface area contributed by atoms with Crippen molar-refractivity contribution in [2.75, 3.05) is 31.1 Å². The van der Waals surface area contributed by atoms with Crippen LogP contribution in [0.3, 0.4) is 0 Å². The molecule has 0 aliphatic carbocycles. The van der Waals surface area contributed by atoms with Crippen molar-refractivity contribution in [3.63, 3.8) is 0 Å². The zero-order valence-corrected chi connectivity index (χ0v) is 60.7. The number of benzene rings is 7. The fraction of sp³-hybridized carbons (Fsp3) is 0.390. The number of amides is 7. The third-order valence-corrected chi connectivity index (χ3v) is 20.9. The Hall–Kier alpha value is -9.08. The standard InChI is InChI=1S/C82H98N8O10S2/c1-6-7-8-30-51-83-68(56-102-82(62-41-24-13-25-42-62,63-43-26-14-27-44-63)64-45-28-15-29-46-64)77(96)90-53-32-48-70(90)78(97)89-52-31-47-69(89)75(94)87-72(57(2)100-80(3,4)5)76(95)84-65(73(92)85-66(54-58-33-16-9-17-34-58)74(93)86-67(55-101)79(98)99)49-50-71(91)88-81(59-35-18-10-19-36-59,60-37-20-11-21-38-60)61-39-22-12-23-40-61/h9-29,33-46,57,65-70,72,83,101H,6-8,30-32,47-56H2,1-5H3,(H,84,95)(H,85,92)(H,86,93)(H,87,94)(H,88,91)(H,98,99)/t57-,65+,66+,67+,68+,69+,70+,72+/m1/s1. The lowest BCUT2D eigenvalue weighted by molar-refractivity contribution is -0.148. The van der Waals surface area contributed by atoms with Gasteiger partial charge in [0.2, 0.25) is 41.4 Å². The number of ether oxygens (including phenoxy) is 1. The summed E-state index contributed by atoms with van der Waals surface area (Å²) in [7, 11) is 0. The number of unbranched alkanes of at least 4 members (excludes halogenated alkanes) is 3. The summed E-state index contributed by atoms with van der Waals surface area (Å²) < 4.78 is 5.72. The Bertz CT molecular complexity index is 3670. The van der Waals surface area contributed by atoms with Crippen molar-refractivity contribution in [1.82, 2.24) is 41.7 Å². The highest BCUT2D eigenvalue weighted by molar-refractivity contribution is 8.00. The number of carboxylic acids is 1. The van der Waals surface area contributed by atoms with Gasteiger partial charge in [-0.2, -0.15) is 12.6 Å². The van der Waals surface area contributed by atoms with E-state index in [-0.39, 0.29) is 49.8 Å². The van der Waals surface area contributed by atoms with Gasteiger partial charge >= 0.3 is 5.97 Å². The Morgan fingerprint density at radius 1 is 0.549 bits per heavy atom. The summed E-state index contributed by atoms with van der Waals surface area (Å²) in [5, 5.41) is 28.0. The van der Waals surface area contributed by atoms with Crippen LogP contribution in [0, 0.1) is 0 Å². The van der Waals surface area contributed by atoms with Crippen LogP contribution in [0.4, 0.5) is 0 Å². The van der Waals surface area contributed by atoms with Gasteiger partial charge in [0.25, 0.3) is 0 Å². The van der Waals surface area contributed by atoms with Crippen LogP contribution in [-0.4, -0.2) is 147 Å². The normalized spacial score (nSPS) is 16.5. The number of aliphatic carboxylic acids is 1. The molecule has 18 nitrogen and oxygen atoms in total. The molecule has 2 aliphatic heterocycles. The molecule has 0 aromatic heterocycles. The quantitative estimate of drug-likeness (QED) is 0.0105. The maximum Gasteiger partial charge on any atom is 0.327 e. The molecular formula is C82H98N8O10S2. The largest absolute Gasteiger partial charge is 0.480 e. The lowest BCUT2D eigenvalue weighted by Gasteiger charge is -2.38. The third kappa shape index (κ3) is 19.8. The number of thiol groups is 1. The molecule has 0 spiro atoms. The number of hydrogen-bond donors (Lipinski definition) is 8. The Labute approximate surface area is 610 Å². The molecule has 2 saturated heterocycles. The number of carboxylic acid groups (broad SMARTS) is 1. The molecule has 0 saturated carbocycles. The van der Waals surface area contributed by atoms with E-state index in [0.717, 1.165) is 59.1 Å². The van der Waals surface area contributed by atoms with Gasteiger partial charge in [-0.3, -0.25) is 33.6 Å². The third-order valence-electron chi connectivity index (χ3n) is 18.9. The van der Waals surface area contributed by atoms with Crippen molar-refractivity contribution in [3.8, 4) is 0 Å². The molecule has 20 heteroatoms. The molecule has 8 atom stereocenters. The van der Waals surface area contributed by atoms with E-state index in [1.54, 1.807) is 74.7 Å². The van der Waals surface area contributed by atoms with E-state index < -0.39 is 99.8 Å². The zero-order chi connectivity index (χ0) is 72.7.